The topological polar surface area (TPSA) is 67.9 Å². The second-order valence-corrected chi connectivity index (χ2v) is 22.0. The zero-order chi connectivity index (χ0) is 36.8. The fourth-order valence-corrected chi connectivity index (χ4v) is 13.2. The SMILES string of the molecule is CCCCCCCCCCSSSCC(CC)OC(=O)CCNCCCN(C)CCC(=O)OC(CC)CSSSCCCCCCCCCC. The minimum Gasteiger partial charge on any atom is -0.461 e. The Hall–Kier alpha value is 0.960. The van der Waals surface area contributed by atoms with E-state index in [1.165, 1.54) is 114 Å². The number of nitrogens with one attached hydrogen (secondary N) is 1. The molecule has 0 aromatic carbocycles. The largest absolute Gasteiger partial charge is 0.461 e. The monoisotopic (exact) mass is 816 g/mol. The average molecular weight is 817 g/mol. The Labute approximate surface area is 332 Å². The van der Waals surface area contributed by atoms with Crippen LogP contribution in [0, 0.1) is 0 Å². The van der Waals surface area contributed by atoms with Crippen molar-refractivity contribution in [3.05, 3.63) is 0 Å². The van der Waals surface area contributed by atoms with E-state index in [9.17, 15) is 9.59 Å². The summed E-state index contributed by atoms with van der Waals surface area (Å²) in [6.45, 7) is 11.8. The highest BCUT2D eigenvalue weighted by atomic mass is 33.5. The molecule has 12 heteroatoms. The van der Waals surface area contributed by atoms with Gasteiger partial charge in [-0.25, -0.2) is 0 Å². The quantitative estimate of drug-likeness (QED) is 0.0364. The summed E-state index contributed by atoms with van der Waals surface area (Å²) in [5.41, 5.74) is 0. The molecular formula is C38H76N2O4S6. The maximum Gasteiger partial charge on any atom is 0.307 e. The summed E-state index contributed by atoms with van der Waals surface area (Å²) in [5, 5.41) is 3.37. The lowest BCUT2D eigenvalue weighted by molar-refractivity contribution is -0.149. The molecule has 0 aliphatic heterocycles. The lowest BCUT2D eigenvalue weighted by Crippen LogP contribution is -2.29. The molecule has 0 saturated heterocycles. The standard InChI is InChI=1S/C38H76N2O4S6/c1-6-10-12-14-16-18-20-22-31-45-49-47-33-35(8-3)43-37(41)25-28-39-27-24-29-40(5)30-26-38(42)44-36(9-4)34-48-50-46-32-23-21-19-17-15-13-11-7-2/h35-36,39H,6-34H2,1-5H3. The molecule has 2 unspecified atom stereocenters. The van der Waals surface area contributed by atoms with Gasteiger partial charge in [-0.1, -0.05) is 161 Å². The van der Waals surface area contributed by atoms with E-state index in [0.717, 1.165) is 43.9 Å². The second-order valence-electron chi connectivity index (χ2n) is 13.2. The number of carbonyl (C=O) groups is 2. The first-order valence-corrected chi connectivity index (χ1v) is 27.7. The number of nitrogens with zero attached hydrogens (tertiary/aromatic N) is 1. The summed E-state index contributed by atoms with van der Waals surface area (Å²) in [4.78, 5) is 27.0. The molecule has 50 heavy (non-hydrogen) atoms. The second kappa shape index (κ2) is 41.1. The van der Waals surface area contributed by atoms with Crippen molar-refractivity contribution in [1.82, 2.24) is 10.2 Å². The van der Waals surface area contributed by atoms with E-state index < -0.39 is 0 Å². The van der Waals surface area contributed by atoms with Crippen molar-refractivity contribution >= 4 is 74.8 Å². The van der Waals surface area contributed by atoms with Gasteiger partial charge < -0.3 is 19.7 Å². The molecule has 0 aliphatic carbocycles. The van der Waals surface area contributed by atoms with Crippen molar-refractivity contribution in [1.29, 1.82) is 0 Å². The third-order valence-corrected chi connectivity index (χ3v) is 17.2. The summed E-state index contributed by atoms with van der Waals surface area (Å²) in [6.07, 6.45) is 25.3. The zero-order valence-electron chi connectivity index (χ0n) is 32.7. The van der Waals surface area contributed by atoms with E-state index in [4.69, 9.17) is 9.47 Å². The van der Waals surface area contributed by atoms with Crippen LogP contribution in [0.15, 0.2) is 0 Å². The summed E-state index contributed by atoms with van der Waals surface area (Å²) in [6, 6.07) is 0. The Kier molecular flexibility index (Phi) is 41.9. The molecule has 1 N–H and O–H groups in total. The minimum atomic E-state index is -0.114. The fraction of sp³-hybridized carbons (Fsp3) is 0.947. The first-order chi connectivity index (χ1) is 24.5. The van der Waals surface area contributed by atoms with Crippen LogP contribution in [0.2, 0.25) is 0 Å². The Morgan fingerprint density at radius 2 is 0.980 bits per heavy atom. The van der Waals surface area contributed by atoms with Crippen molar-refractivity contribution in [2.75, 3.05) is 56.2 Å². The molecule has 0 heterocycles. The van der Waals surface area contributed by atoms with Gasteiger partial charge in [0.1, 0.15) is 12.2 Å². The average Bonchev–Trinajstić information content (AvgIpc) is 3.11. The van der Waals surface area contributed by atoms with Crippen LogP contribution in [0.25, 0.3) is 0 Å². The van der Waals surface area contributed by atoms with Gasteiger partial charge in [0.25, 0.3) is 0 Å². The first-order valence-electron chi connectivity index (χ1n) is 20.1. The molecule has 0 aliphatic rings. The molecule has 0 saturated carbocycles. The maximum absolute atomic E-state index is 12.4. The van der Waals surface area contributed by atoms with Crippen molar-refractivity contribution in [3.63, 3.8) is 0 Å². The van der Waals surface area contributed by atoms with Crippen LogP contribution >= 0.6 is 62.8 Å². The molecule has 0 amide bonds. The van der Waals surface area contributed by atoms with Gasteiger partial charge >= 0.3 is 11.9 Å². The minimum absolute atomic E-state index is 0.0106. The molecule has 0 radical (unpaired) electrons. The predicted molar refractivity (Wildman–Crippen MR) is 235 cm³/mol. The van der Waals surface area contributed by atoms with Crippen LogP contribution in [0.3, 0.4) is 0 Å². The van der Waals surface area contributed by atoms with Crippen LogP contribution in [0.4, 0.5) is 0 Å². The third-order valence-electron chi connectivity index (χ3n) is 8.47. The maximum atomic E-state index is 12.4. The number of esters is 2. The number of ether oxygens (including phenoxy) is 2. The van der Waals surface area contributed by atoms with Gasteiger partial charge in [0.2, 0.25) is 0 Å². The molecule has 2 atom stereocenters. The molecular weight excluding hydrogens is 741 g/mol. The van der Waals surface area contributed by atoms with Crippen molar-refractivity contribution < 1.29 is 19.1 Å². The van der Waals surface area contributed by atoms with Gasteiger partial charge in [0, 0.05) is 36.1 Å². The summed E-state index contributed by atoms with van der Waals surface area (Å²) in [7, 11) is 13.2. The molecule has 0 aromatic rings. The summed E-state index contributed by atoms with van der Waals surface area (Å²) in [5.74, 6) is 3.89. The van der Waals surface area contributed by atoms with Gasteiger partial charge in [-0.3, -0.25) is 9.59 Å². The van der Waals surface area contributed by atoms with Gasteiger partial charge in [-0.2, -0.15) is 0 Å². The molecule has 0 aromatic heterocycles. The highest BCUT2D eigenvalue weighted by molar-refractivity contribution is 9.09. The van der Waals surface area contributed by atoms with Crippen molar-refractivity contribution in [2.45, 2.75) is 175 Å². The Morgan fingerprint density at radius 1 is 0.540 bits per heavy atom. The molecule has 0 rings (SSSR count). The number of hydrogen-bond acceptors (Lipinski definition) is 12. The van der Waals surface area contributed by atoms with E-state index in [0.29, 0.717) is 25.9 Å². The van der Waals surface area contributed by atoms with Crippen LogP contribution in [0.1, 0.15) is 163 Å². The summed E-state index contributed by atoms with van der Waals surface area (Å²) < 4.78 is 11.5. The molecule has 298 valence electrons. The molecule has 0 fully saturated rings. The first kappa shape index (κ1) is 51.0. The Morgan fingerprint density at radius 3 is 1.44 bits per heavy atom. The highest BCUT2D eigenvalue weighted by Crippen LogP contribution is 2.37. The third kappa shape index (κ3) is 37.3. The van der Waals surface area contributed by atoms with Gasteiger partial charge in [-0.05, 0) is 71.9 Å². The van der Waals surface area contributed by atoms with Gasteiger partial charge in [-0.15, -0.1) is 0 Å². The van der Waals surface area contributed by atoms with Gasteiger partial charge in [0.05, 0.1) is 12.8 Å². The van der Waals surface area contributed by atoms with Crippen molar-refractivity contribution in [2.24, 2.45) is 0 Å². The fourth-order valence-electron chi connectivity index (χ4n) is 5.08. The van der Waals surface area contributed by atoms with E-state index in [1.54, 1.807) is 0 Å². The predicted octanol–water partition coefficient (Wildman–Crippen LogP) is 12.7. The molecule has 0 spiro atoms. The smallest absolute Gasteiger partial charge is 0.307 e. The normalized spacial score (nSPS) is 12.8. The molecule has 6 nitrogen and oxygen atoms in total. The Bertz CT molecular complexity index is 743. The van der Waals surface area contributed by atoms with E-state index in [2.05, 4.69) is 37.9 Å². The Balaban J connectivity index is 3.70. The lowest BCUT2D eigenvalue weighted by Gasteiger charge is -2.19. The van der Waals surface area contributed by atoms with Crippen LogP contribution in [-0.2, 0) is 19.1 Å². The van der Waals surface area contributed by atoms with Crippen LogP contribution < -0.4 is 5.32 Å². The zero-order valence-corrected chi connectivity index (χ0v) is 37.6. The van der Waals surface area contributed by atoms with E-state index >= 15 is 0 Å². The van der Waals surface area contributed by atoms with E-state index in [-0.39, 0.29) is 24.1 Å². The number of unbranched alkanes of at least 4 members (excludes halogenated alkanes) is 14. The molecule has 0 bridgehead atoms. The van der Waals surface area contributed by atoms with Crippen molar-refractivity contribution in [3.8, 4) is 0 Å². The lowest BCUT2D eigenvalue weighted by atomic mass is 10.1. The van der Waals surface area contributed by atoms with E-state index in [1.807, 2.05) is 69.9 Å². The van der Waals surface area contributed by atoms with Crippen LogP contribution in [-0.4, -0.2) is 85.3 Å². The summed E-state index contributed by atoms with van der Waals surface area (Å²) >= 11 is 0. The highest BCUT2D eigenvalue weighted by Gasteiger charge is 2.15. The van der Waals surface area contributed by atoms with Crippen LogP contribution in [0.5, 0.6) is 0 Å². The number of carbonyl (C=O) groups excluding carboxylic acids is 2. The van der Waals surface area contributed by atoms with Gasteiger partial charge in [0.15, 0.2) is 0 Å². The number of hydrogen-bond donors (Lipinski definition) is 1. The number of rotatable bonds is 40.